The van der Waals surface area contributed by atoms with Crippen molar-refractivity contribution >= 4 is 0 Å². The Labute approximate surface area is 149 Å². The molecule has 0 fully saturated rings. The summed E-state index contributed by atoms with van der Waals surface area (Å²) in [7, 11) is 0. The van der Waals surface area contributed by atoms with Gasteiger partial charge in [0.25, 0.3) is 0 Å². The Morgan fingerprint density at radius 2 is 1.04 bits per heavy atom. The van der Waals surface area contributed by atoms with E-state index in [1.165, 1.54) is 18.2 Å². The Hall–Kier alpha value is -2.90. The Morgan fingerprint density at radius 3 is 1.48 bits per heavy atom. The van der Waals surface area contributed by atoms with Crippen LogP contribution in [0.1, 0.15) is 11.1 Å². The summed E-state index contributed by atoms with van der Waals surface area (Å²) < 4.78 is 89.9. The fourth-order valence-corrected chi connectivity index (χ4v) is 2.50. The number of rotatable bonds is 2. The van der Waals surface area contributed by atoms with Gasteiger partial charge in [0.15, 0.2) is 0 Å². The number of halogens is 7. The van der Waals surface area contributed by atoms with Gasteiger partial charge in [-0.25, -0.2) is 4.98 Å². The van der Waals surface area contributed by atoms with Crippen LogP contribution in [0.2, 0.25) is 0 Å². The second-order valence-electron chi connectivity index (χ2n) is 5.71. The standard InChI is InChI=1S/C19H10F7N/c20-17-16(12-3-7-15(8-4-12)19(24,25)26)9-13(10-27-17)11-1-5-14(6-2-11)18(21,22)23/h1-10H. The van der Waals surface area contributed by atoms with Crippen LogP contribution in [0.25, 0.3) is 22.3 Å². The van der Waals surface area contributed by atoms with Gasteiger partial charge in [0.05, 0.1) is 11.1 Å². The van der Waals surface area contributed by atoms with Gasteiger partial charge in [0.2, 0.25) is 5.95 Å². The van der Waals surface area contributed by atoms with Gasteiger partial charge in [-0.15, -0.1) is 0 Å². The molecular formula is C19H10F7N. The molecule has 0 aliphatic carbocycles. The van der Waals surface area contributed by atoms with E-state index >= 15 is 0 Å². The maximum absolute atomic E-state index is 14.0. The zero-order valence-electron chi connectivity index (χ0n) is 13.4. The van der Waals surface area contributed by atoms with Crippen molar-refractivity contribution in [2.75, 3.05) is 0 Å². The van der Waals surface area contributed by atoms with Crippen molar-refractivity contribution in [1.29, 1.82) is 0 Å². The van der Waals surface area contributed by atoms with Crippen molar-refractivity contribution < 1.29 is 30.7 Å². The van der Waals surface area contributed by atoms with Gasteiger partial charge in [0.1, 0.15) is 0 Å². The minimum absolute atomic E-state index is 0.0545. The number of benzene rings is 2. The summed E-state index contributed by atoms with van der Waals surface area (Å²) >= 11 is 0. The average molecular weight is 385 g/mol. The van der Waals surface area contributed by atoms with Crippen LogP contribution in [0.4, 0.5) is 30.7 Å². The fraction of sp³-hybridized carbons (Fsp3) is 0.105. The predicted octanol–water partition coefficient (Wildman–Crippen LogP) is 6.59. The average Bonchev–Trinajstić information content (AvgIpc) is 2.61. The lowest BCUT2D eigenvalue weighted by Crippen LogP contribution is -2.04. The first-order valence-corrected chi connectivity index (χ1v) is 7.56. The van der Waals surface area contributed by atoms with Gasteiger partial charge in [-0.2, -0.15) is 30.7 Å². The molecule has 0 aliphatic rings. The Morgan fingerprint density at radius 1 is 0.593 bits per heavy atom. The van der Waals surface area contributed by atoms with Gasteiger partial charge in [-0.3, -0.25) is 0 Å². The maximum Gasteiger partial charge on any atom is 0.416 e. The maximum atomic E-state index is 14.0. The Bertz CT molecular complexity index is 940. The largest absolute Gasteiger partial charge is 0.416 e. The Balaban J connectivity index is 1.97. The van der Waals surface area contributed by atoms with Crippen molar-refractivity contribution in [1.82, 2.24) is 4.98 Å². The molecule has 0 saturated heterocycles. The molecule has 0 aliphatic heterocycles. The van der Waals surface area contributed by atoms with Crippen LogP contribution in [-0.2, 0) is 12.4 Å². The minimum Gasteiger partial charge on any atom is -0.227 e. The van der Waals surface area contributed by atoms with Crippen LogP contribution in [0.3, 0.4) is 0 Å². The normalized spacial score (nSPS) is 12.3. The van der Waals surface area contributed by atoms with Gasteiger partial charge < -0.3 is 0 Å². The number of nitrogens with zero attached hydrogens (tertiary/aromatic N) is 1. The number of aromatic nitrogens is 1. The molecule has 27 heavy (non-hydrogen) atoms. The molecule has 0 unspecified atom stereocenters. The molecule has 0 bridgehead atoms. The van der Waals surface area contributed by atoms with Crippen molar-refractivity contribution in [2.45, 2.75) is 12.4 Å². The second-order valence-corrected chi connectivity index (χ2v) is 5.71. The quantitative estimate of drug-likeness (QED) is 0.358. The van der Waals surface area contributed by atoms with E-state index in [1.807, 2.05) is 0 Å². The molecule has 3 rings (SSSR count). The molecule has 8 heteroatoms. The van der Waals surface area contributed by atoms with Gasteiger partial charge >= 0.3 is 12.4 Å². The lowest BCUT2D eigenvalue weighted by Gasteiger charge is -2.10. The van der Waals surface area contributed by atoms with Crippen LogP contribution >= 0.6 is 0 Å². The van der Waals surface area contributed by atoms with E-state index in [4.69, 9.17) is 0 Å². The van der Waals surface area contributed by atoms with Crippen molar-refractivity contribution in [2.24, 2.45) is 0 Å². The van der Waals surface area contributed by atoms with Gasteiger partial charge in [-0.1, -0.05) is 24.3 Å². The van der Waals surface area contributed by atoms with Gasteiger partial charge in [0, 0.05) is 17.3 Å². The first kappa shape index (κ1) is 18.9. The summed E-state index contributed by atoms with van der Waals surface area (Å²) in [6.45, 7) is 0. The first-order chi connectivity index (χ1) is 12.6. The highest BCUT2D eigenvalue weighted by molar-refractivity contribution is 5.72. The van der Waals surface area contributed by atoms with E-state index in [0.29, 0.717) is 11.1 Å². The highest BCUT2D eigenvalue weighted by Gasteiger charge is 2.31. The molecule has 0 radical (unpaired) electrons. The fourth-order valence-electron chi connectivity index (χ4n) is 2.50. The topological polar surface area (TPSA) is 12.9 Å². The molecule has 0 spiro atoms. The summed E-state index contributed by atoms with van der Waals surface area (Å²) in [6.07, 6.45) is -7.85. The number of hydrogen-bond acceptors (Lipinski definition) is 1. The summed E-state index contributed by atoms with van der Waals surface area (Å²) in [5.74, 6) is -0.898. The second kappa shape index (κ2) is 6.68. The lowest BCUT2D eigenvalue weighted by molar-refractivity contribution is -0.138. The van der Waals surface area contributed by atoms with Crippen molar-refractivity contribution in [3.63, 3.8) is 0 Å². The third kappa shape index (κ3) is 4.10. The first-order valence-electron chi connectivity index (χ1n) is 7.56. The number of hydrogen-bond donors (Lipinski definition) is 0. The van der Waals surface area contributed by atoms with Crippen LogP contribution in [0, 0.1) is 5.95 Å². The van der Waals surface area contributed by atoms with Crippen LogP contribution in [0.5, 0.6) is 0 Å². The van der Waals surface area contributed by atoms with Gasteiger partial charge in [-0.05, 0) is 41.5 Å². The molecule has 1 aromatic heterocycles. The van der Waals surface area contributed by atoms with Crippen LogP contribution in [-0.4, -0.2) is 4.98 Å². The highest BCUT2D eigenvalue weighted by atomic mass is 19.4. The molecule has 0 amide bonds. The minimum atomic E-state index is -4.52. The summed E-state index contributed by atoms with van der Waals surface area (Å²) in [4.78, 5) is 3.56. The molecule has 0 atom stereocenters. The SMILES string of the molecule is Fc1ncc(-c2ccc(C(F)(F)F)cc2)cc1-c1ccc(C(F)(F)F)cc1. The zero-order valence-corrected chi connectivity index (χ0v) is 13.4. The van der Waals surface area contributed by atoms with Crippen LogP contribution in [0.15, 0.2) is 60.8 Å². The molecule has 140 valence electrons. The van der Waals surface area contributed by atoms with Crippen molar-refractivity contribution in [3.8, 4) is 22.3 Å². The lowest BCUT2D eigenvalue weighted by atomic mass is 10.00. The predicted molar refractivity (Wildman–Crippen MR) is 85.1 cm³/mol. The summed E-state index contributed by atoms with van der Waals surface area (Å²) in [5.41, 5.74) is -0.894. The van der Waals surface area contributed by atoms with Crippen molar-refractivity contribution in [3.05, 3.63) is 77.9 Å². The smallest absolute Gasteiger partial charge is 0.227 e. The molecule has 3 aromatic rings. The molecule has 1 heterocycles. The van der Waals surface area contributed by atoms with E-state index in [1.54, 1.807) is 0 Å². The van der Waals surface area contributed by atoms with E-state index in [-0.39, 0.29) is 11.1 Å². The highest BCUT2D eigenvalue weighted by Crippen LogP contribution is 2.34. The monoisotopic (exact) mass is 385 g/mol. The van der Waals surface area contributed by atoms with E-state index in [9.17, 15) is 30.7 Å². The summed E-state index contributed by atoms with van der Waals surface area (Å²) in [6, 6.07) is 9.39. The van der Waals surface area contributed by atoms with E-state index < -0.39 is 29.4 Å². The Kier molecular flexibility index (Phi) is 4.67. The molecular weight excluding hydrogens is 375 g/mol. The zero-order chi connectivity index (χ0) is 19.8. The molecule has 2 aromatic carbocycles. The van der Waals surface area contributed by atoms with E-state index in [0.717, 1.165) is 42.6 Å². The third-order valence-electron chi connectivity index (χ3n) is 3.91. The molecule has 1 nitrogen and oxygen atoms in total. The molecule has 0 saturated carbocycles. The third-order valence-corrected chi connectivity index (χ3v) is 3.91. The number of alkyl halides is 6. The van der Waals surface area contributed by atoms with Crippen LogP contribution < -0.4 is 0 Å². The molecule has 0 N–H and O–H groups in total. The van der Waals surface area contributed by atoms with E-state index in [2.05, 4.69) is 4.98 Å². The summed E-state index contributed by atoms with van der Waals surface area (Å²) in [5, 5.41) is 0. The number of pyridine rings is 1.